The van der Waals surface area contributed by atoms with Crippen LogP contribution in [0.25, 0.3) is 0 Å². The Morgan fingerprint density at radius 3 is 1.50 bits per heavy atom. The highest BCUT2D eigenvalue weighted by molar-refractivity contribution is 7.72. The van der Waals surface area contributed by atoms with Gasteiger partial charge in [-0.3, -0.25) is 0 Å². The molecule has 0 aliphatic rings. The molecule has 0 spiro atoms. The molecule has 0 aromatic rings. The second-order valence-electron chi connectivity index (χ2n) is 1.10. The summed E-state index contributed by atoms with van der Waals surface area (Å²) in [5.41, 5.74) is 0. The van der Waals surface area contributed by atoms with Crippen molar-refractivity contribution in [3.05, 3.63) is 0 Å². The number of hydrogen-bond acceptors (Lipinski definition) is 3. The van der Waals surface area contributed by atoms with E-state index in [0.717, 1.165) is 0 Å². The van der Waals surface area contributed by atoms with Gasteiger partial charge in [-0.05, 0) is 14.1 Å². The fourth-order valence-electron chi connectivity index (χ4n) is 0. The monoisotopic (exact) mass is 106 g/mol. The van der Waals surface area contributed by atoms with E-state index in [4.69, 9.17) is 9.56 Å². The Kier molecular flexibility index (Phi) is 2.12. The van der Waals surface area contributed by atoms with Crippen molar-refractivity contribution in [3.63, 3.8) is 0 Å². The first kappa shape index (κ1) is 5.91. The fraction of sp³-hybridized carbons (Fsp3) is 1.00. The summed E-state index contributed by atoms with van der Waals surface area (Å²) in [7, 11) is 2.39. The molecule has 3 nitrogen and oxygen atoms in total. The Labute approximate surface area is 39.5 Å². The van der Waals surface area contributed by atoms with Gasteiger partial charge < -0.3 is 13.9 Å². The lowest BCUT2D eigenvalue weighted by molar-refractivity contribution is 0.694. The minimum atomic E-state index is -1.03. The summed E-state index contributed by atoms with van der Waals surface area (Å²) in [5, 5.41) is 0. The summed E-state index contributed by atoms with van der Waals surface area (Å²) in [6.07, 6.45) is 0. The van der Waals surface area contributed by atoms with Gasteiger partial charge in [-0.25, -0.2) is 10.7 Å². The SMILES string of the molecule is CN(C)[S-](=N)=N. The lowest BCUT2D eigenvalue weighted by Gasteiger charge is -2.12. The third-order valence-corrected chi connectivity index (χ3v) is 1.10. The molecule has 0 saturated carbocycles. The third kappa shape index (κ3) is 2.17. The van der Waals surface area contributed by atoms with Crippen LogP contribution in [0.1, 0.15) is 0 Å². The van der Waals surface area contributed by atoms with E-state index in [9.17, 15) is 0 Å². The molecule has 0 radical (unpaired) electrons. The molecule has 0 amide bonds. The molecule has 0 unspecified atom stereocenters. The van der Waals surface area contributed by atoms with Crippen molar-refractivity contribution in [3.8, 4) is 0 Å². The maximum absolute atomic E-state index is 6.65. The number of hydrogen-bond donors (Lipinski definition) is 2. The summed E-state index contributed by atoms with van der Waals surface area (Å²) in [6.45, 7) is 0. The minimum absolute atomic E-state index is 1.03. The molecule has 0 fully saturated rings. The van der Waals surface area contributed by atoms with E-state index in [1.54, 1.807) is 14.1 Å². The molecular formula is C2H8N3S-. The summed E-state index contributed by atoms with van der Waals surface area (Å²) < 4.78 is 14.8. The van der Waals surface area contributed by atoms with Crippen molar-refractivity contribution in [1.82, 2.24) is 4.31 Å². The molecule has 0 aliphatic heterocycles. The zero-order chi connectivity index (χ0) is 5.15. The van der Waals surface area contributed by atoms with Crippen molar-refractivity contribution in [1.29, 1.82) is 9.56 Å². The van der Waals surface area contributed by atoms with E-state index < -0.39 is 10.7 Å². The van der Waals surface area contributed by atoms with Crippen LogP contribution in [-0.4, -0.2) is 18.4 Å². The second-order valence-corrected chi connectivity index (χ2v) is 2.40. The number of nitrogens with zero attached hydrogens (tertiary/aromatic N) is 1. The van der Waals surface area contributed by atoms with Crippen molar-refractivity contribution in [2.45, 2.75) is 0 Å². The molecule has 0 aromatic heterocycles. The Morgan fingerprint density at radius 1 is 1.33 bits per heavy atom. The molecule has 0 heterocycles. The van der Waals surface area contributed by atoms with E-state index >= 15 is 0 Å². The summed E-state index contributed by atoms with van der Waals surface area (Å²) in [4.78, 5) is 0. The van der Waals surface area contributed by atoms with Crippen LogP contribution >= 0.6 is 0 Å². The van der Waals surface area contributed by atoms with Crippen LogP contribution in [0, 0.1) is 9.56 Å². The normalized spacial score (nSPS) is 10.7. The van der Waals surface area contributed by atoms with Crippen LogP contribution in [0.4, 0.5) is 0 Å². The van der Waals surface area contributed by atoms with Crippen molar-refractivity contribution < 1.29 is 0 Å². The Balaban J connectivity index is 3.57. The van der Waals surface area contributed by atoms with Crippen LogP contribution in [-0.2, 0) is 10.7 Å². The average Bonchev–Trinajstić information content (AvgIpc) is 1.36. The Morgan fingerprint density at radius 2 is 1.50 bits per heavy atom. The van der Waals surface area contributed by atoms with Gasteiger partial charge in [-0.1, -0.05) is 0 Å². The highest BCUT2D eigenvalue weighted by atomic mass is 32.2. The van der Waals surface area contributed by atoms with Crippen LogP contribution in [0.5, 0.6) is 0 Å². The van der Waals surface area contributed by atoms with Crippen molar-refractivity contribution in [2.75, 3.05) is 14.1 Å². The van der Waals surface area contributed by atoms with Gasteiger partial charge in [-0.15, -0.1) is 0 Å². The molecule has 0 aromatic carbocycles. The molecule has 0 bridgehead atoms. The molecule has 6 heavy (non-hydrogen) atoms. The van der Waals surface area contributed by atoms with Gasteiger partial charge in [0.1, 0.15) is 0 Å². The topological polar surface area (TPSA) is 50.9 Å². The number of nitrogens with one attached hydrogen (secondary N) is 2. The maximum atomic E-state index is 6.65. The van der Waals surface area contributed by atoms with E-state index in [1.165, 1.54) is 4.31 Å². The highest BCUT2D eigenvalue weighted by Gasteiger charge is 1.60. The predicted molar refractivity (Wildman–Crippen MR) is 26.5 cm³/mol. The van der Waals surface area contributed by atoms with Gasteiger partial charge >= 0.3 is 0 Å². The van der Waals surface area contributed by atoms with Gasteiger partial charge in [0.15, 0.2) is 0 Å². The molecule has 0 atom stereocenters. The van der Waals surface area contributed by atoms with Gasteiger partial charge in [0.05, 0.1) is 0 Å². The summed E-state index contributed by atoms with van der Waals surface area (Å²) in [5.74, 6) is 0. The van der Waals surface area contributed by atoms with Gasteiger partial charge in [0.25, 0.3) is 0 Å². The highest BCUT2D eigenvalue weighted by Crippen LogP contribution is 1.69. The summed E-state index contributed by atoms with van der Waals surface area (Å²) in [6, 6.07) is 0. The predicted octanol–water partition coefficient (Wildman–Crippen LogP) is 0.606. The Hall–Kier alpha value is -0.0900. The fourth-order valence-corrected chi connectivity index (χ4v) is 0. The quantitative estimate of drug-likeness (QED) is 0.473. The molecule has 38 valence electrons. The van der Waals surface area contributed by atoms with E-state index in [1.807, 2.05) is 0 Å². The molecule has 2 N–H and O–H groups in total. The van der Waals surface area contributed by atoms with Crippen LogP contribution in [0.3, 0.4) is 0 Å². The van der Waals surface area contributed by atoms with E-state index in [0.29, 0.717) is 0 Å². The van der Waals surface area contributed by atoms with Gasteiger partial charge in [-0.2, -0.15) is 0 Å². The van der Waals surface area contributed by atoms with E-state index in [-0.39, 0.29) is 0 Å². The van der Waals surface area contributed by atoms with E-state index in [2.05, 4.69) is 0 Å². The average molecular weight is 106 g/mol. The lowest BCUT2D eigenvalue weighted by Crippen LogP contribution is -2.04. The van der Waals surface area contributed by atoms with Crippen molar-refractivity contribution in [2.24, 2.45) is 0 Å². The van der Waals surface area contributed by atoms with Crippen LogP contribution in [0.15, 0.2) is 0 Å². The van der Waals surface area contributed by atoms with Crippen LogP contribution in [0.2, 0.25) is 0 Å². The largest absolute Gasteiger partial charge is 0.422 e. The molecule has 4 heteroatoms. The molecule has 0 aliphatic carbocycles. The van der Waals surface area contributed by atoms with Gasteiger partial charge in [0.2, 0.25) is 0 Å². The Bertz CT molecular complexity index is 85.0. The second kappa shape index (κ2) is 2.15. The standard InChI is InChI=1S/C2H8N3S/c1-5(2)6(3)4/h3-4H,1-2H3/q-1. The zero-order valence-corrected chi connectivity index (χ0v) is 4.67. The van der Waals surface area contributed by atoms with Crippen LogP contribution < -0.4 is 0 Å². The molecular weight excluding hydrogens is 98.1 g/mol. The first-order valence-corrected chi connectivity index (χ1v) is 2.67. The van der Waals surface area contributed by atoms with Crippen molar-refractivity contribution >= 4 is 10.7 Å². The maximum Gasteiger partial charge on any atom is -0.0313 e. The molecule has 0 rings (SSSR count). The first-order chi connectivity index (χ1) is 2.64. The smallest absolute Gasteiger partial charge is 0.0313 e. The summed E-state index contributed by atoms with van der Waals surface area (Å²) >= 11 is 0. The minimum Gasteiger partial charge on any atom is -0.422 e. The van der Waals surface area contributed by atoms with Gasteiger partial charge in [0, 0.05) is 0 Å². The zero-order valence-electron chi connectivity index (χ0n) is 3.86. The first-order valence-electron chi connectivity index (χ1n) is 1.49. The lowest BCUT2D eigenvalue weighted by atomic mass is 11.3. The third-order valence-electron chi connectivity index (χ3n) is 0.365. The molecule has 0 saturated heterocycles. The number of rotatable bonds is 1.